The van der Waals surface area contributed by atoms with Crippen LogP contribution in [0.1, 0.15) is 25.2 Å². The number of aromatic amines is 1. The van der Waals surface area contributed by atoms with E-state index in [0.29, 0.717) is 17.5 Å². The fourth-order valence-electron chi connectivity index (χ4n) is 3.65. The van der Waals surface area contributed by atoms with Gasteiger partial charge in [0.25, 0.3) is 5.56 Å². The van der Waals surface area contributed by atoms with Gasteiger partial charge in [-0.05, 0) is 34.4 Å². The predicted octanol–water partition coefficient (Wildman–Crippen LogP) is 5.12. The summed E-state index contributed by atoms with van der Waals surface area (Å²) in [4.78, 5) is 23.9. The molecule has 0 saturated carbocycles. The summed E-state index contributed by atoms with van der Waals surface area (Å²) in [6.07, 6.45) is 0.612. The molecular weight excluding hydrogens is 398 g/mol. The number of rotatable bonds is 5. The minimum absolute atomic E-state index is 0. The van der Waals surface area contributed by atoms with Crippen molar-refractivity contribution in [1.82, 2.24) is 10.2 Å². The molecule has 3 aromatic carbocycles. The van der Waals surface area contributed by atoms with Crippen LogP contribution >= 0.6 is 11.6 Å². The molecule has 30 heavy (non-hydrogen) atoms. The molecule has 0 aliphatic rings. The van der Waals surface area contributed by atoms with E-state index in [1.807, 2.05) is 66.7 Å². The number of hydrogen-bond donors (Lipinski definition) is 2. The largest absolute Gasteiger partial charge is 0.326 e. The number of halogens is 1. The van der Waals surface area contributed by atoms with Gasteiger partial charge in [0.2, 0.25) is 5.91 Å². The molecule has 0 bridgehead atoms. The van der Waals surface area contributed by atoms with Gasteiger partial charge in [0, 0.05) is 31.7 Å². The Morgan fingerprint density at radius 1 is 1.07 bits per heavy atom. The molecule has 5 nitrogen and oxygen atoms in total. The first-order valence-corrected chi connectivity index (χ1v) is 10.1. The maximum atomic E-state index is 12.7. The van der Waals surface area contributed by atoms with E-state index in [2.05, 4.69) is 15.5 Å². The second kappa shape index (κ2) is 8.51. The Balaban J connectivity index is 0.00000272. The molecule has 0 unspecified atom stereocenters. The van der Waals surface area contributed by atoms with Gasteiger partial charge in [0.15, 0.2) is 0 Å². The Bertz CT molecular complexity index is 1270. The average molecular weight is 420 g/mol. The molecule has 0 spiro atoms. The summed E-state index contributed by atoms with van der Waals surface area (Å²) < 4.78 is 0. The van der Waals surface area contributed by atoms with Gasteiger partial charge in [0.05, 0.1) is 11.1 Å². The second-order valence-corrected chi connectivity index (χ2v) is 7.34. The number of fused-ring (bicyclic) bond motifs is 1. The number of H-pyrrole nitrogens is 1. The fourth-order valence-corrected chi connectivity index (χ4v) is 3.93. The van der Waals surface area contributed by atoms with Crippen LogP contribution < -0.4 is 10.9 Å². The number of nitrogens with one attached hydrogen (secondary N) is 2. The predicted molar refractivity (Wildman–Crippen MR) is 123 cm³/mol. The second-order valence-electron chi connectivity index (χ2n) is 7.07. The van der Waals surface area contributed by atoms with Crippen molar-refractivity contribution < 1.29 is 6.22 Å². The molecule has 152 valence electrons. The molecule has 0 radical (unpaired) electrons. The minimum atomic E-state index is -0.255. The first kappa shape index (κ1) is 19.9. The van der Waals surface area contributed by atoms with Crippen LogP contribution in [0.2, 0.25) is 0 Å². The Morgan fingerprint density at radius 3 is 2.47 bits per heavy atom. The lowest BCUT2D eigenvalue weighted by Crippen LogP contribution is -2.13. The zero-order valence-electron chi connectivity index (χ0n) is 16.4. The topological polar surface area (TPSA) is 74.8 Å². The van der Waals surface area contributed by atoms with Crippen molar-refractivity contribution in [2.75, 3.05) is 5.32 Å². The molecule has 1 aromatic heterocycles. The average Bonchev–Trinajstić information content (AvgIpc) is 2.76. The third kappa shape index (κ3) is 3.98. The number of benzene rings is 3. The van der Waals surface area contributed by atoms with Gasteiger partial charge in [-0.15, -0.1) is 11.6 Å². The molecule has 0 fully saturated rings. The Hall–Kier alpha value is -3.44. The van der Waals surface area contributed by atoms with Crippen molar-refractivity contribution in [2.24, 2.45) is 0 Å². The summed E-state index contributed by atoms with van der Waals surface area (Å²) in [6.45, 7) is 1.47. The smallest absolute Gasteiger partial charge is 0.272 e. The van der Waals surface area contributed by atoms with E-state index >= 15 is 0 Å². The van der Waals surface area contributed by atoms with Crippen molar-refractivity contribution in [1.29, 1.82) is 0 Å². The first-order chi connectivity index (χ1) is 14.6. The maximum Gasteiger partial charge on any atom is 0.272 e. The van der Waals surface area contributed by atoms with Crippen molar-refractivity contribution in [3.63, 3.8) is 0 Å². The van der Waals surface area contributed by atoms with E-state index in [1.54, 1.807) is 0 Å². The zero-order chi connectivity index (χ0) is 21.1. The lowest BCUT2D eigenvalue weighted by atomic mass is 9.94. The van der Waals surface area contributed by atoms with Gasteiger partial charge in [-0.3, -0.25) is 9.59 Å². The summed E-state index contributed by atoms with van der Waals surface area (Å²) in [5, 5.41) is 11.1. The van der Waals surface area contributed by atoms with Crippen molar-refractivity contribution in [2.45, 2.75) is 19.2 Å². The Morgan fingerprint density at radius 2 is 1.80 bits per heavy atom. The van der Waals surface area contributed by atoms with Gasteiger partial charge in [-0.2, -0.15) is 5.10 Å². The molecule has 0 atom stereocenters. The number of carbonyl (C=O) groups is 1. The van der Waals surface area contributed by atoms with E-state index in [9.17, 15) is 9.59 Å². The third-order valence-corrected chi connectivity index (χ3v) is 5.27. The quantitative estimate of drug-likeness (QED) is 0.440. The molecule has 0 aliphatic carbocycles. The van der Waals surface area contributed by atoms with Crippen LogP contribution in [0.4, 0.5) is 5.69 Å². The van der Waals surface area contributed by atoms with Gasteiger partial charge >= 0.3 is 0 Å². The van der Waals surface area contributed by atoms with E-state index in [1.165, 1.54) is 6.92 Å². The van der Waals surface area contributed by atoms with E-state index in [-0.39, 0.29) is 18.8 Å². The molecule has 1 heterocycles. The van der Waals surface area contributed by atoms with Crippen LogP contribution in [-0.2, 0) is 17.1 Å². The SMILES string of the molecule is CC(=O)Nc1ccc(-c2ccc3c(Cc4ccccc4)n[nH]c(=O)c3c2CCl)cc1.[HH]. The highest BCUT2D eigenvalue weighted by atomic mass is 35.5. The van der Waals surface area contributed by atoms with E-state index < -0.39 is 0 Å². The maximum absolute atomic E-state index is 12.7. The van der Waals surface area contributed by atoms with Gasteiger partial charge in [-0.1, -0.05) is 54.6 Å². The molecule has 4 rings (SSSR count). The molecule has 0 saturated heterocycles. The summed E-state index contributed by atoms with van der Waals surface area (Å²) in [5.74, 6) is 0.0673. The lowest BCUT2D eigenvalue weighted by molar-refractivity contribution is -0.114. The number of hydrogen-bond acceptors (Lipinski definition) is 3. The first-order valence-electron chi connectivity index (χ1n) is 9.58. The zero-order valence-corrected chi connectivity index (χ0v) is 17.2. The molecule has 6 heteroatoms. The highest BCUT2D eigenvalue weighted by molar-refractivity contribution is 6.18. The fraction of sp³-hybridized carbons (Fsp3) is 0.125. The van der Waals surface area contributed by atoms with Crippen molar-refractivity contribution >= 4 is 34.0 Å². The molecule has 0 aliphatic heterocycles. The summed E-state index contributed by atoms with van der Waals surface area (Å²) in [5.41, 5.74) is 4.94. The van der Waals surface area contributed by atoms with Crippen LogP contribution in [0.25, 0.3) is 21.9 Å². The number of alkyl halides is 1. The number of amides is 1. The van der Waals surface area contributed by atoms with E-state index in [4.69, 9.17) is 11.6 Å². The Labute approximate surface area is 180 Å². The summed E-state index contributed by atoms with van der Waals surface area (Å²) in [6, 6.07) is 21.4. The summed E-state index contributed by atoms with van der Waals surface area (Å²) >= 11 is 6.32. The monoisotopic (exact) mass is 419 g/mol. The summed E-state index contributed by atoms with van der Waals surface area (Å²) in [7, 11) is 0. The van der Waals surface area contributed by atoms with Crippen LogP contribution in [0, 0.1) is 0 Å². The number of anilines is 1. The van der Waals surface area contributed by atoms with Crippen LogP contribution in [0.5, 0.6) is 0 Å². The van der Waals surface area contributed by atoms with Crippen LogP contribution in [-0.4, -0.2) is 16.1 Å². The number of carbonyl (C=O) groups excluding carboxylic acids is 1. The van der Waals surface area contributed by atoms with Gasteiger partial charge in [-0.25, -0.2) is 5.10 Å². The van der Waals surface area contributed by atoms with Crippen molar-refractivity contribution in [3.05, 3.63) is 93.9 Å². The standard InChI is InChI=1S/C24H20ClN3O2.H2/c1-15(29)26-18-9-7-17(8-10-18)19-11-12-20-22(13-16-5-3-2-4-6-16)27-28-24(30)23(20)21(19)14-25;/h2-12H,13-14H2,1H3,(H,26,29)(H,28,30);1H. The Kier molecular flexibility index (Phi) is 5.63. The number of aromatic nitrogens is 2. The number of nitrogens with zero attached hydrogens (tertiary/aromatic N) is 1. The molecule has 4 aromatic rings. The lowest BCUT2D eigenvalue weighted by Gasteiger charge is -2.13. The molecule has 2 N–H and O–H groups in total. The van der Waals surface area contributed by atoms with Crippen LogP contribution in [0.3, 0.4) is 0 Å². The molecular formula is C24H22ClN3O2. The van der Waals surface area contributed by atoms with Crippen LogP contribution in [0.15, 0.2) is 71.5 Å². The van der Waals surface area contributed by atoms with Crippen molar-refractivity contribution in [3.8, 4) is 11.1 Å². The van der Waals surface area contributed by atoms with E-state index in [0.717, 1.165) is 33.3 Å². The minimum Gasteiger partial charge on any atom is -0.326 e. The molecule has 1 amide bonds. The highest BCUT2D eigenvalue weighted by Crippen LogP contribution is 2.32. The third-order valence-electron chi connectivity index (χ3n) is 5.01. The normalized spacial score (nSPS) is 10.9. The van der Waals surface area contributed by atoms with Gasteiger partial charge in [0.1, 0.15) is 0 Å². The van der Waals surface area contributed by atoms with Gasteiger partial charge < -0.3 is 5.32 Å². The highest BCUT2D eigenvalue weighted by Gasteiger charge is 2.15.